The summed E-state index contributed by atoms with van der Waals surface area (Å²) in [5.74, 6) is 0.397. The van der Waals surface area contributed by atoms with Crippen LogP contribution >= 0.6 is 0 Å². The van der Waals surface area contributed by atoms with Gasteiger partial charge in [-0.15, -0.1) is 0 Å². The van der Waals surface area contributed by atoms with E-state index in [-0.39, 0.29) is 17.8 Å². The number of piperidine rings is 1. The Hall–Kier alpha value is -1.46. The number of nitrogens with zero attached hydrogens (tertiary/aromatic N) is 1. The van der Waals surface area contributed by atoms with E-state index in [4.69, 9.17) is 0 Å². The molecule has 0 saturated carbocycles. The number of amides is 1. The summed E-state index contributed by atoms with van der Waals surface area (Å²) in [5.41, 5.74) is 0.918. The number of hydrogen-bond donors (Lipinski definition) is 2. The molecule has 2 N–H and O–H groups in total. The lowest BCUT2D eigenvalue weighted by Gasteiger charge is -2.32. The van der Waals surface area contributed by atoms with Crippen molar-refractivity contribution < 1.29 is 9.18 Å². The van der Waals surface area contributed by atoms with Gasteiger partial charge in [0.15, 0.2) is 0 Å². The smallest absolute Gasteiger partial charge is 0.234 e. The Balaban J connectivity index is 1.80. The average Bonchev–Trinajstić information content (AvgIpc) is 2.48. The normalized spacial score (nSPS) is 20.6. The van der Waals surface area contributed by atoms with Crippen LogP contribution in [-0.2, 0) is 4.79 Å². The van der Waals surface area contributed by atoms with Crippen molar-refractivity contribution in [3.05, 3.63) is 35.6 Å². The summed E-state index contributed by atoms with van der Waals surface area (Å²) in [6, 6.07) is 6.16. The van der Waals surface area contributed by atoms with E-state index in [0.29, 0.717) is 12.5 Å². The molecule has 1 heterocycles. The van der Waals surface area contributed by atoms with Crippen LogP contribution in [0.3, 0.4) is 0 Å². The molecular formula is C17H26FN3O. The second-order valence-corrected chi connectivity index (χ2v) is 6.14. The maximum atomic E-state index is 12.9. The maximum Gasteiger partial charge on any atom is 0.234 e. The molecule has 5 heteroatoms. The van der Waals surface area contributed by atoms with E-state index in [1.165, 1.54) is 18.6 Å². The molecule has 1 aromatic rings. The number of benzene rings is 1. The molecule has 2 rings (SSSR count). The number of rotatable bonds is 6. The number of likely N-dealkylation sites (tertiary alicyclic amines) is 1. The van der Waals surface area contributed by atoms with Gasteiger partial charge in [0.25, 0.3) is 0 Å². The van der Waals surface area contributed by atoms with Crippen molar-refractivity contribution in [1.29, 1.82) is 0 Å². The highest BCUT2D eigenvalue weighted by Crippen LogP contribution is 2.16. The van der Waals surface area contributed by atoms with Gasteiger partial charge in [0.2, 0.25) is 5.91 Å². The molecule has 0 radical (unpaired) electrons. The third-order valence-electron chi connectivity index (χ3n) is 4.21. The van der Waals surface area contributed by atoms with Crippen LogP contribution < -0.4 is 10.6 Å². The van der Waals surface area contributed by atoms with E-state index in [1.54, 1.807) is 12.1 Å². The van der Waals surface area contributed by atoms with Gasteiger partial charge in [0.05, 0.1) is 12.6 Å². The molecule has 1 aromatic carbocycles. The first-order valence-electron chi connectivity index (χ1n) is 8.00. The first-order chi connectivity index (χ1) is 10.6. The fourth-order valence-electron chi connectivity index (χ4n) is 3.08. The quantitative estimate of drug-likeness (QED) is 0.844. The average molecular weight is 307 g/mol. The minimum Gasteiger partial charge on any atom is -0.348 e. The van der Waals surface area contributed by atoms with E-state index in [2.05, 4.69) is 15.5 Å². The van der Waals surface area contributed by atoms with Gasteiger partial charge < -0.3 is 10.6 Å². The van der Waals surface area contributed by atoms with Gasteiger partial charge in [-0.05, 0) is 63.5 Å². The first-order valence-corrected chi connectivity index (χ1v) is 8.00. The molecule has 1 aliphatic heterocycles. The molecule has 2 unspecified atom stereocenters. The maximum absolute atomic E-state index is 12.9. The number of halogens is 1. The summed E-state index contributed by atoms with van der Waals surface area (Å²) in [7, 11) is 1.97. The SMILES string of the molecule is CNCC1CCCN(CC(=O)NC(C)c2ccc(F)cc2)C1. The summed E-state index contributed by atoms with van der Waals surface area (Å²) in [5, 5.41) is 6.20. The van der Waals surface area contributed by atoms with Gasteiger partial charge >= 0.3 is 0 Å². The van der Waals surface area contributed by atoms with Gasteiger partial charge in [0.1, 0.15) is 5.82 Å². The monoisotopic (exact) mass is 307 g/mol. The van der Waals surface area contributed by atoms with Crippen molar-refractivity contribution in [3.8, 4) is 0 Å². The van der Waals surface area contributed by atoms with Crippen molar-refractivity contribution in [1.82, 2.24) is 15.5 Å². The Morgan fingerprint density at radius 2 is 2.14 bits per heavy atom. The molecule has 2 atom stereocenters. The fraction of sp³-hybridized carbons (Fsp3) is 0.588. The Bertz CT molecular complexity index is 475. The molecule has 0 aliphatic carbocycles. The number of carbonyl (C=O) groups excluding carboxylic acids is 1. The van der Waals surface area contributed by atoms with Gasteiger partial charge in [0, 0.05) is 6.54 Å². The third-order valence-corrected chi connectivity index (χ3v) is 4.21. The van der Waals surface area contributed by atoms with Crippen LogP contribution in [0.2, 0.25) is 0 Å². The van der Waals surface area contributed by atoms with Crippen molar-refractivity contribution in [2.24, 2.45) is 5.92 Å². The molecule has 1 aliphatic rings. The lowest BCUT2D eigenvalue weighted by molar-refractivity contribution is -0.123. The molecule has 122 valence electrons. The lowest BCUT2D eigenvalue weighted by Crippen LogP contribution is -2.44. The Kier molecular flexibility index (Phi) is 6.34. The first kappa shape index (κ1) is 16.9. The molecule has 1 amide bonds. The zero-order chi connectivity index (χ0) is 15.9. The van der Waals surface area contributed by atoms with Crippen LogP contribution in [0.5, 0.6) is 0 Å². The second-order valence-electron chi connectivity index (χ2n) is 6.14. The summed E-state index contributed by atoms with van der Waals surface area (Å²) in [6.07, 6.45) is 2.37. The third kappa shape index (κ3) is 5.07. The molecule has 0 aromatic heterocycles. The second kappa shape index (κ2) is 8.25. The number of carbonyl (C=O) groups is 1. The number of nitrogens with one attached hydrogen (secondary N) is 2. The van der Waals surface area contributed by atoms with Gasteiger partial charge in [-0.3, -0.25) is 9.69 Å². The molecule has 0 bridgehead atoms. The highest BCUT2D eigenvalue weighted by Gasteiger charge is 2.21. The van der Waals surface area contributed by atoms with Gasteiger partial charge in [-0.25, -0.2) is 4.39 Å². The standard InChI is InChI=1S/C17H26FN3O/c1-13(15-5-7-16(18)8-6-15)20-17(22)12-21-9-3-4-14(11-21)10-19-2/h5-8,13-14,19H,3-4,9-12H2,1-2H3,(H,20,22). The Morgan fingerprint density at radius 3 is 2.82 bits per heavy atom. The molecule has 1 saturated heterocycles. The predicted molar refractivity (Wildman–Crippen MR) is 86.0 cm³/mol. The van der Waals surface area contributed by atoms with Gasteiger partial charge in [-0.2, -0.15) is 0 Å². The van der Waals surface area contributed by atoms with Crippen LogP contribution in [0.15, 0.2) is 24.3 Å². The van der Waals surface area contributed by atoms with Crippen LogP contribution in [0.4, 0.5) is 4.39 Å². The summed E-state index contributed by atoms with van der Waals surface area (Å²) in [4.78, 5) is 14.4. The van der Waals surface area contributed by atoms with E-state index in [1.807, 2.05) is 14.0 Å². The fourth-order valence-corrected chi connectivity index (χ4v) is 3.08. The Morgan fingerprint density at radius 1 is 1.41 bits per heavy atom. The van der Waals surface area contributed by atoms with E-state index in [0.717, 1.165) is 31.6 Å². The summed E-state index contributed by atoms with van der Waals surface area (Å²) >= 11 is 0. The highest BCUT2D eigenvalue weighted by atomic mass is 19.1. The minimum atomic E-state index is -0.258. The van der Waals surface area contributed by atoms with Crippen LogP contribution in [0.25, 0.3) is 0 Å². The Labute approximate surface area is 132 Å². The van der Waals surface area contributed by atoms with Crippen molar-refractivity contribution in [2.45, 2.75) is 25.8 Å². The van der Waals surface area contributed by atoms with Gasteiger partial charge in [-0.1, -0.05) is 12.1 Å². The van der Waals surface area contributed by atoms with E-state index < -0.39 is 0 Å². The molecule has 4 nitrogen and oxygen atoms in total. The molecular weight excluding hydrogens is 281 g/mol. The van der Waals surface area contributed by atoms with Crippen LogP contribution in [0.1, 0.15) is 31.4 Å². The van der Waals surface area contributed by atoms with E-state index >= 15 is 0 Å². The zero-order valence-corrected chi connectivity index (χ0v) is 13.4. The molecule has 1 fully saturated rings. The van der Waals surface area contributed by atoms with Crippen LogP contribution in [-0.4, -0.2) is 44.0 Å². The van der Waals surface area contributed by atoms with Crippen LogP contribution in [0, 0.1) is 11.7 Å². The van der Waals surface area contributed by atoms with Crippen molar-refractivity contribution >= 4 is 5.91 Å². The predicted octanol–water partition coefficient (Wildman–Crippen LogP) is 1.93. The molecule has 0 spiro atoms. The summed E-state index contributed by atoms with van der Waals surface area (Å²) in [6.45, 7) is 5.32. The zero-order valence-electron chi connectivity index (χ0n) is 13.4. The van der Waals surface area contributed by atoms with Crippen molar-refractivity contribution in [2.75, 3.05) is 33.2 Å². The topological polar surface area (TPSA) is 44.4 Å². The summed E-state index contributed by atoms with van der Waals surface area (Å²) < 4.78 is 12.9. The lowest BCUT2D eigenvalue weighted by atomic mass is 9.98. The van der Waals surface area contributed by atoms with E-state index in [9.17, 15) is 9.18 Å². The minimum absolute atomic E-state index is 0.0296. The number of hydrogen-bond acceptors (Lipinski definition) is 3. The largest absolute Gasteiger partial charge is 0.348 e. The van der Waals surface area contributed by atoms with Crippen molar-refractivity contribution in [3.63, 3.8) is 0 Å². The molecule has 22 heavy (non-hydrogen) atoms. The highest BCUT2D eigenvalue weighted by molar-refractivity contribution is 5.78.